The molecule has 0 N–H and O–H groups in total. The lowest BCUT2D eigenvalue weighted by Crippen LogP contribution is -1.98. The van der Waals surface area contributed by atoms with Gasteiger partial charge in [0, 0.05) is 8.01 Å². The van der Waals surface area contributed by atoms with Crippen LogP contribution in [0.5, 0.6) is 0 Å². The van der Waals surface area contributed by atoms with Gasteiger partial charge in [-0.15, -0.1) is 0 Å². The summed E-state index contributed by atoms with van der Waals surface area (Å²) in [7, 11) is -0.0849. The molecule has 1 aliphatic heterocycles. The smallest absolute Gasteiger partial charge is 0.272 e. The molecule has 1 fully saturated rings. The molecule has 80 valence electrons. The van der Waals surface area contributed by atoms with E-state index in [1.165, 1.54) is 0 Å². The van der Waals surface area contributed by atoms with Gasteiger partial charge in [0.25, 0.3) is 5.95 Å². The summed E-state index contributed by atoms with van der Waals surface area (Å²) in [6, 6.07) is 9.99. The second kappa shape index (κ2) is 6.20. The Labute approximate surface area is 92.3 Å². The zero-order valence-electron chi connectivity index (χ0n) is 9.26. The van der Waals surface area contributed by atoms with Crippen molar-refractivity contribution in [1.29, 1.82) is 0 Å². The summed E-state index contributed by atoms with van der Waals surface area (Å²) in [5.41, 5.74) is 1.14. The van der Waals surface area contributed by atoms with E-state index in [1.807, 2.05) is 30.3 Å². The molecule has 1 unspecified atom stereocenters. The van der Waals surface area contributed by atoms with Crippen molar-refractivity contribution in [2.75, 3.05) is 13.2 Å². The second-order valence-corrected chi connectivity index (χ2v) is 3.09. The third-order valence-electron chi connectivity index (χ3n) is 1.84. The quantitative estimate of drug-likeness (QED) is 0.688. The monoisotopic (exact) mass is 225 g/mol. The molecule has 2 rings (SSSR count). The molecule has 1 heterocycles. The molecular formula is C11H13O3P. The maximum Gasteiger partial charge on any atom is 0.272 e. The highest BCUT2D eigenvalue weighted by Gasteiger charge is 2.21. The predicted octanol–water partition coefficient (Wildman–Crippen LogP) is 3.15. The van der Waals surface area contributed by atoms with Gasteiger partial charge in [-0.25, -0.2) is 0 Å². The minimum atomic E-state index is -0.0849. The molecule has 1 saturated heterocycles. The first-order valence-corrected chi connectivity index (χ1v) is 5.39. The summed E-state index contributed by atoms with van der Waals surface area (Å²) in [5.74, 6) is 0.420. The van der Waals surface area contributed by atoms with Gasteiger partial charge in [-0.1, -0.05) is 30.3 Å². The van der Waals surface area contributed by atoms with Gasteiger partial charge in [-0.2, -0.15) is 0 Å². The van der Waals surface area contributed by atoms with Gasteiger partial charge in [-0.05, 0) is 12.1 Å². The van der Waals surface area contributed by atoms with Crippen LogP contribution in [0.25, 0.3) is 0 Å². The van der Waals surface area contributed by atoms with Crippen LogP contribution >= 0.6 is 8.46 Å². The topological polar surface area (TPSA) is 35.5 Å². The highest BCUT2D eigenvalue weighted by molar-refractivity contribution is 7.22. The van der Waals surface area contributed by atoms with Crippen LogP contribution in [0.3, 0.4) is 0 Å². The summed E-state index contributed by atoms with van der Waals surface area (Å²) in [4.78, 5) is 0. The highest BCUT2D eigenvalue weighted by atomic mass is 31.1. The molecule has 0 aromatic heterocycles. The molecule has 3 nitrogen and oxygen atoms in total. The Hall–Kier alpha value is -1.34. The van der Waals surface area contributed by atoms with Gasteiger partial charge in [0.1, 0.15) is 6.61 Å². The van der Waals surface area contributed by atoms with E-state index >= 15 is 0 Å². The molecular weight excluding hydrogens is 211 g/mol. The number of hydrogen-bond donors (Lipinski definition) is 0. The standard InChI is InChI=1S/C10H10O2.CH3OP/c1-8-11-7-10(12-8)9-5-3-2-4-6-9;1-3-2/h2-6,10H,1,7H2;1H3/i;1D. The van der Waals surface area contributed by atoms with E-state index in [9.17, 15) is 0 Å². The minimum absolute atomic E-state index is 0.0139. The molecule has 15 heavy (non-hydrogen) atoms. The second-order valence-electron chi connectivity index (χ2n) is 2.83. The van der Waals surface area contributed by atoms with E-state index in [-0.39, 0.29) is 21.2 Å². The lowest BCUT2D eigenvalue weighted by atomic mass is 10.1. The molecule has 0 aliphatic carbocycles. The zero-order valence-corrected chi connectivity index (χ0v) is 9.15. The van der Waals surface area contributed by atoms with Crippen molar-refractivity contribution in [2.45, 2.75) is 6.10 Å². The number of ether oxygens (including phenoxy) is 2. The van der Waals surface area contributed by atoms with Crippen LogP contribution in [0.1, 0.15) is 13.0 Å². The van der Waals surface area contributed by atoms with Crippen LogP contribution in [0.15, 0.2) is 42.9 Å². The van der Waals surface area contributed by atoms with Gasteiger partial charge in [0.15, 0.2) is 14.6 Å². The number of rotatable bonds is 1. The van der Waals surface area contributed by atoms with E-state index in [4.69, 9.17) is 15.4 Å². The maximum absolute atomic E-state index is 9.08. The Morgan fingerprint density at radius 3 is 2.67 bits per heavy atom. The van der Waals surface area contributed by atoms with Crippen LogP contribution in [0.2, 0.25) is 0 Å². The summed E-state index contributed by atoms with van der Waals surface area (Å²) in [5, 5.41) is 0. The van der Waals surface area contributed by atoms with Crippen molar-refractivity contribution in [1.82, 2.24) is 0 Å². The van der Waals surface area contributed by atoms with Crippen molar-refractivity contribution in [3.63, 3.8) is 0 Å². The maximum atomic E-state index is 9.08. The van der Waals surface area contributed by atoms with Gasteiger partial charge in [0.05, 0.1) is 0 Å². The third-order valence-corrected chi connectivity index (χ3v) is 1.84. The van der Waals surface area contributed by atoms with E-state index in [2.05, 4.69) is 6.58 Å². The Balaban J connectivity index is 0.000000280. The van der Waals surface area contributed by atoms with Crippen LogP contribution in [-0.2, 0) is 14.0 Å². The van der Waals surface area contributed by atoms with Gasteiger partial charge in [-0.3, -0.25) is 4.57 Å². The summed E-state index contributed by atoms with van der Waals surface area (Å²) in [6.07, 6.45) is 0.0266. The van der Waals surface area contributed by atoms with Crippen LogP contribution in [-0.4, -0.2) is 13.2 Å². The Morgan fingerprint density at radius 1 is 1.53 bits per heavy atom. The summed E-state index contributed by atoms with van der Waals surface area (Å²) < 4.78 is 25.6. The minimum Gasteiger partial charge on any atom is -0.462 e. The fourth-order valence-corrected chi connectivity index (χ4v) is 1.23. The van der Waals surface area contributed by atoms with Gasteiger partial charge in [0.2, 0.25) is 0 Å². The Morgan fingerprint density at radius 2 is 2.20 bits per heavy atom. The normalized spacial score (nSPS) is 19.6. The van der Waals surface area contributed by atoms with E-state index in [0.29, 0.717) is 12.6 Å². The van der Waals surface area contributed by atoms with Crippen LogP contribution < -0.4 is 0 Å². The molecule has 0 radical (unpaired) electrons. The molecule has 0 spiro atoms. The van der Waals surface area contributed by atoms with Crippen LogP contribution in [0, 0.1) is 0 Å². The first-order chi connectivity index (χ1) is 7.77. The Bertz CT molecular complexity index is 342. The first-order valence-electron chi connectivity index (χ1n) is 5.10. The SMILES string of the molecule is C=C1OCC(c2ccccc2)O1.[2H]CP=O. The van der Waals surface area contributed by atoms with Gasteiger partial charge < -0.3 is 9.47 Å². The number of benzene rings is 1. The fraction of sp³-hybridized carbons (Fsp3) is 0.273. The predicted molar refractivity (Wildman–Crippen MR) is 58.9 cm³/mol. The van der Waals surface area contributed by atoms with Gasteiger partial charge >= 0.3 is 0 Å². The molecule has 0 bridgehead atoms. The van der Waals surface area contributed by atoms with E-state index < -0.39 is 0 Å². The third kappa shape index (κ3) is 3.72. The number of hydrogen-bond acceptors (Lipinski definition) is 3. The molecule has 0 saturated carbocycles. The zero-order chi connectivity index (χ0) is 11.8. The van der Waals surface area contributed by atoms with Crippen molar-refractivity contribution in [2.24, 2.45) is 0 Å². The summed E-state index contributed by atoms with van der Waals surface area (Å²) >= 11 is 0. The van der Waals surface area contributed by atoms with E-state index in [1.54, 1.807) is 0 Å². The summed E-state index contributed by atoms with van der Waals surface area (Å²) in [6.45, 7) is 4.14. The average Bonchev–Trinajstić information content (AvgIpc) is 2.77. The highest BCUT2D eigenvalue weighted by Crippen LogP contribution is 2.26. The molecule has 4 heteroatoms. The largest absolute Gasteiger partial charge is 0.462 e. The molecule has 1 aromatic rings. The van der Waals surface area contributed by atoms with Crippen LogP contribution in [0.4, 0.5) is 0 Å². The Kier molecular flexibility index (Phi) is 4.21. The molecule has 1 atom stereocenters. The first kappa shape index (κ1) is 10.2. The van der Waals surface area contributed by atoms with Crippen molar-refractivity contribution in [3.8, 4) is 0 Å². The van der Waals surface area contributed by atoms with E-state index in [0.717, 1.165) is 5.56 Å². The molecule has 0 amide bonds. The van der Waals surface area contributed by atoms with Crippen molar-refractivity contribution < 1.29 is 15.4 Å². The molecule has 1 aliphatic rings. The molecule has 1 aromatic carbocycles. The van der Waals surface area contributed by atoms with Crippen molar-refractivity contribution >= 4 is 8.46 Å². The lowest BCUT2D eigenvalue weighted by Gasteiger charge is -2.05. The van der Waals surface area contributed by atoms with Crippen molar-refractivity contribution in [3.05, 3.63) is 48.4 Å². The fourth-order valence-electron chi connectivity index (χ4n) is 1.23. The average molecular weight is 225 g/mol. The lowest BCUT2D eigenvalue weighted by molar-refractivity contribution is 0.145.